The summed E-state index contributed by atoms with van der Waals surface area (Å²) in [6.45, 7) is 4.13. The first kappa shape index (κ1) is 14.5. The number of nitrogens with zero attached hydrogens (tertiary/aromatic N) is 2. The lowest BCUT2D eigenvalue weighted by atomic mass is 9.94. The molecule has 106 valence electrons. The maximum atomic E-state index is 12.5. The molecule has 0 radical (unpaired) electrons. The van der Waals surface area contributed by atoms with E-state index in [0.29, 0.717) is 11.3 Å². The highest BCUT2D eigenvalue weighted by Crippen LogP contribution is 2.21. The van der Waals surface area contributed by atoms with E-state index in [0.717, 1.165) is 31.8 Å². The van der Waals surface area contributed by atoms with E-state index in [-0.39, 0.29) is 12.5 Å². The molecule has 1 fully saturated rings. The molecule has 0 atom stereocenters. The first-order chi connectivity index (χ1) is 9.76. The average Bonchev–Trinajstić information content (AvgIpc) is 2.52. The molecule has 1 aliphatic rings. The summed E-state index contributed by atoms with van der Waals surface area (Å²) in [6, 6.07) is 3.61. The Labute approximate surface area is 120 Å². The quantitative estimate of drug-likeness (QED) is 0.832. The highest BCUT2D eigenvalue weighted by molar-refractivity contribution is 5.94. The van der Waals surface area contributed by atoms with E-state index in [1.165, 1.54) is 6.42 Å². The van der Waals surface area contributed by atoms with Crippen LogP contribution in [0, 0.1) is 17.8 Å². The summed E-state index contributed by atoms with van der Waals surface area (Å²) in [4.78, 5) is 18.6. The lowest BCUT2D eigenvalue weighted by Gasteiger charge is -2.31. The Morgan fingerprint density at radius 3 is 2.90 bits per heavy atom. The van der Waals surface area contributed by atoms with Crippen molar-refractivity contribution in [2.45, 2.75) is 26.2 Å². The van der Waals surface area contributed by atoms with Crippen LogP contribution in [0.25, 0.3) is 0 Å². The molecule has 0 aromatic carbocycles. The van der Waals surface area contributed by atoms with Crippen molar-refractivity contribution >= 4 is 5.91 Å². The fraction of sp³-hybridized carbons (Fsp3) is 0.500. The summed E-state index contributed by atoms with van der Waals surface area (Å²) in [5, 5.41) is 0. The zero-order valence-corrected chi connectivity index (χ0v) is 11.9. The van der Waals surface area contributed by atoms with Crippen molar-refractivity contribution in [3.63, 3.8) is 0 Å². The SMILES string of the molecule is CCC1CCN(C(=O)c2ncccc2C#CCN)CC1. The number of nitrogens with two attached hydrogens (primary N) is 1. The van der Waals surface area contributed by atoms with Gasteiger partial charge < -0.3 is 10.6 Å². The number of aromatic nitrogens is 1. The highest BCUT2D eigenvalue weighted by atomic mass is 16.2. The smallest absolute Gasteiger partial charge is 0.273 e. The zero-order valence-electron chi connectivity index (χ0n) is 11.9. The third kappa shape index (κ3) is 3.37. The van der Waals surface area contributed by atoms with Gasteiger partial charge in [0.1, 0.15) is 5.69 Å². The van der Waals surface area contributed by atoms with Gasteiger partial charge in [-0.3, -0.25) is 4.79 Å². The molecule has 2 rings (SSSR count). The molecule has 0 spiro atoms. The number of rotatable bonds is 2. The van der Waals surface area contributed by atoms with Gasteiger partial charge in [-0.2, -0.15) is 0 Å². The summed E-state index contributed by atoms with van der Waals surface area (Å²) in [5.41, 5.74) is 6.50. The first-order valence-corrected chi connectivity index (χ1v) is 7.19. The number of carbonyl (C=O) groups is 1. The minimum absolute atomic E-state index is 0.0125. The minimum Gasteiger partial charge on any atom is -0.337 e. The number of amides is 1. The molecule has 0 saturated carbocycles. The molecule has 2 heterocycles. The largest absolute Gasteiger partial charge is 0.337 e. The van der Waals surface area contributed by atoms with Crippen molar-refractivity contribution in [2.75, 3.05) is 19.6 Å². The van der Waals surface area contributed by atoms with Crippen molar-refractivity contribution in [1.29, 1.82) is 0 Å². The third-order valence-corrected chi connectivity index (χ3v) is 3.81. The van der Waals surface area contributed by atoms with Gasteiger partial charge in [-0.1, -0.05) is 25.2 Å². The first-order valence-electron chi connectivity index (χ1n) is 7.19. The fourth-order valence-electron chi connectivity index (χ4n) is 2.52. The summed E-state index contributed by atoms with van der Waals surface area (Å²) in [5.74, 6) is 6.45. The zero-order chi connectivity index (χ0) is 14.4. The number of carbonyl (C=O) groups excluding carboxylic acids is 1. The summed E-state index contributed by atoms with van der Waals surface area (Å²) < 4.78 is 0. The van der Waals surface area contributed by atoms with Gasteiger partial charge in [0.05, 0.1) is 12.1 Å². The fourth-order valence-corrected chi connectivity index (χ4v) is 2.52. The Kier molecular flexibility index (Phi) is 5.14. The van der Waals surface area contributed by atoms with Gasteiger partial charge in [0.25, 0.3) is 5.91 Å². The molecule has 4 heteroatoms. The van der Waals surface area contributed by atoms with E-state index in [9.17, 15) is 4.79 Å². The van der Waals surface area contributed by atoms with Crippen LogP contribution in [0.5, 0.6) is 0 Å². The van der Waals surface area contributed by atoms with Crippen molar-refractivity contribution < 1.29 is 4.79 Å². The second-order valence-electron chi connectivity index (χ2n) is 5.05. The van der Waals surface area contributed by atoms with Gasteiger partial charge in [0.2, 0.25) is 0 Å². The van der Waals surface area contributed by atoms with Gasteiger partial charge in [0, 0.05) is 19.3 Å². The molecule has 1 aromatic rings. The molecular formula is C16H21N3O. The Hall–Kier alpha value is -1.86. The average molecular weight is 271 g/mol. The van der Waals surface area contributed by atoms with Crippen molar-refractivity contribution in [1.82, 2.24) is 9.88 Å². The number of hydrogen-bond acceptors (Lipinski definition) is 3. The van der Waals surface area contributed by atoms with Crippen molar-refractivity contribution in [3.8, 4) is 11.8 Å². The van der Waals surface area contributed by atoms with Gasteiger partial charge in [-0.05, 0) is 30.9 Å². The summed E-state index contributed by atoms with van der Waals surface area (Å²) in [7, 11) is 0. The number of likely N-dealkylation sites (tertiary alicyclic amines) is 1. The molecule has 20 heavy (non-hydrogen) atoms. The third-order valence-electron chi connectivity index (χ3n) is 3.81. The number of hydrogen-bond donors (Lipinski definition) is 1. The van der Waals surface area contributed by atoms with E-state index in [1.807, 2.05) is 11.0 Å². The molecular weight excluding hydrogens is 250 g/mol. The molecule has 1 aromatic heterocycles. The van der Waals surface area contributed by atoms with E-state index in [1.54, 1.807) is 12.3 Å². The van der Waals surface area contributed by atoms with Crippen LogP contribution in [0.2, 0.25) is 0 Å². The predicted molar refractivity (Wildman–Crippen MR) is 79.1 cm³/mol. The topological polar surface area (TPSA) is 59.2 Å². The maximum absolute atomic E-state index is 12.5. The normalized spacial score (nSPS) is 15.6. The summed E-state index contributed by atoms with van der Waals surface area (Å²) >= 11 is 0. The lowest BCUT2D eigenvalue weighted by molar-refractivity contribution is 0.0682. The van der Waals surface area contributed by atoms with Crippen LogP contribution < -0.4 is 5.73 Å². The van der Waals surface area contributed by atoms with Crippen molar-refractivity contribution in [2.24, 2.45) is 11.7 Å². The van der Waals surface area contributed by atoms with Crippen LogP contribution in [-0.4, -0.2) is 35.4 Å². The molecule has 0 bridgehead atoms. The maximum Gasteiger partial charge on any atom is 0.273 e. The Bertz CT molecular complexity index is 522. The monoisotopic (exact) mass is 271 g/mol. The van der Waals surface area contributed by atoms with Crippen LogP contribution in [0.15, 0.2) is 18.3 Å². The van der Waals surface area contributed by atoms with E-state index in [2.05, 4.69) is 23.7 Å². The molecule has 1 saturated heterocycles. The van der Waals surface area contributed by atoms with Gasteiger partial charge in [-0.25, -0.2) is 4.98 Å². The van der Waals surface area contributed by atoms with Crippen LogP contribution >= 0.6 is 0 Å². The molecule has 4 nitrogen and oxygen atoms in total. The van der Waals surface area contributed by atoms with Gasteiger partial charge >= 0.3 is 0 Å². The van der Waals surface area contributed by atoms with Gasteiger partial charge in [0.15, 0.2) is 0 Å². The molecule has 0 aliphatic carbocycles. The van der Waals surface area contributed by atoms with E-state index >= 15 is 0 Å². The number of piperidine rings is 1. The molecule has 1 aliphatic heterocycles. The molecule has 1 amide bonds. The van der Waals surface area contributed by atoms with Crippen LogP contribution in [0.4, 0.5) is 0 Å². The highest BCUT2D eigenvalue weighted by Gasteiger charge is 2.24. The van der Waals surface area contributed by atoms with E-state index in [4.69, 9.17) is 5.73 Å². The Morgan fingerprint density at radius 2 is 2.25 bits per heavy atom. The second kappa shape index (κ2) is 7.06. The van der Waals surface area contributed by atoms with Crippen molar-refractivity contribution in [3.05, 3.63) is 29.6 Å². The van der Waals surface area contributed by atoms with Crippen LogP contribution in [-0.2, 0) is 0 Å². The minimum atomic E-state index is -0.0125. The van der Waals surface area contributed by atoms with Gasteiger partial charge in [-0.15, -0.1) is 0 Å². The Morgan fingerprint density at radius 1 is 1.50 bits per heavy atom. The second-order valence-corrected chi connectivity index (χ2v) is 5.05. The molecule has 0 unspecified atom stereocenters. The summed E-state index contributed by atoms with van der Waals surface area (Å²) in [6.07, 6.45) is 5.00. The lowest BCUT2D eigenvalue weighted by Crippen LogP contribution is -2.39. The van der Waals surface area contributed by atoms with Crippen LogP contribution in [0.3, 0.4) is 0 Å². The van der Waals surface area contributed by atoms with Crippen LogP contribution in [0.1, 0.15) is 42.2 Å². The predicted octanol–water partition coefficient (Wildman–Crippen LogP) is 1.65. The number of pyridine rings is 1. The Balaban J connectivity index is 2.13. The standard InChI is InChI=1S/C16H21N3O/c1-2-13-7-11-19(12-8-13)16(20)15-14(5-3-9-17)6-4-10-18-15/h4,6,10,13H,2,7-9,11-12,17H2,1H3. The molecule has 2 N–H and O–H groups in total. The van der Waals surface area contributed by atoms with E-state index < -0.39 is 0 Å².